The van der Waals surface area contributed by atoms with Crippen molar-refractivity contribution in [3.05, 3.63) is 65.5 Å². The molecule has 8 heteroatoms. The quantitative estimate of drug-likeness (QED) is 0.681. The molecule has 2 aromatic carbocycles. The average molecular weight is 411 g/mol. The lowest BCUT2D eigenvalue weighted by atomic mass is 10.0. The highest BCUT2D eigenvalue weighted by atomic mass is 19.1. The SMILES string of the molecule is CC(C)[C@H](NC(=O)c1ccc(F)cc1)C(=O)O[C@@H](C)C(=O)Nc1cccc(C#N)c1. The van der Waals surface area contributed by atoms with Gasteiger partial charge in [-0.2, -0.15) is 5.26 Å². The van der Waals surface area contributed by atoms with Crippen LogP contribution in [0.2, 0.25) is 0 Å². The minimum absolute atomic E-state index is 0.193. The van der Waals surface area contributed by atoms with Crippen molar-refractivity contribution in [2.75, 3.05) is 5.32 Å². The third kappa shape index (κ3) is 6.14. The molecule has 156 valence electrons. The first kappa shape index (κ1) is 22.6. The van der Waals surface area contributed by atoms with Crippen molar-refractivity contribution in [1.82, 2.24) is 5.32 Å². The maximum absolute atomic E-state index is 13.0. The molecule has 0 radical (unpaired) electrons. The number of ether oxygens (including phenoxy) is 1. The highest BCUT2D eigenvalue weighted by Gasteiger charge is 2.29. The van der Waals surface area contributed by atoms with Crippen molar-refractivity contribution >= 4 is 23.5 Å². The summed E-state index contributed by atoms with van der Waals surface area (Å²) in [5.74, 6) is -2.70. The van der Waals surface area contributed by atoms with Crippen molar-refractivity contribution in [2.24, 2.45) is 5.92 Å². The van der Waals surface area contributed by atoms with Crippen LogP contribution in [0.5, 0.6) is 0 Å². The number of esters is 1. The third-order valence-electron chi connectivity index (χ3n) is 4.23. The van der Waals surface area contributed by atoms with Gasteiger partial charge in [0.2, 0.25) is 0 Å². The lowest BCUT2D eigenvalue weighted by Gasteiger charge is -2.23. The van der Waals surface area contributed by atoms with Gasteiger partial charge in [0, 0.05) is 11.3 Å². The molecule has 7 nitrogen and oxygen atoms in total. The zero-order valence-corrected chi connectivity index (χ0v) is 16.8. The van der Waals surface area contributed by atoms with Crippen LogP contribution < -0.4 is 10.6 Å². The van der Waals surface area contributed by atoms with E-state index < -0.39 is 35.7 Å². The average Bonchev–Trinajstić information content (AvgIpc) is 2.72. The second-order valence-corrected chi connectivity index (χ2v) is 6.96. The van der Waals surface area contributed by atoms with Gasteiger partial charge in [0.15, 0.2) is 6.10 Å². The number of carbonyl (C=O) groups excluding carboxylic acids is 3. The Bertz CT molecular complexity index is 967. The normalized spacial score (nSPS) is 12.4. The van der Waals surface area contributed by atoms with Gasteiger partial charge in [0.1, 0.15) is 11.9 Å². The summed E-state index contributed by atoms with van der Waals surface area (Å²) in [5, 5.41) is 14.0. The van der Waals surface area contributed by atoms with Gasteiger partial charge < -0.3 is 15.4 Å². The molecule has 0 fully saturated rings. The molecule has 0 aliphatic rings. The molecule has 0 spiro atoms. The van der Waals surface area contributed by atoms with Gasteiger partial charge in [-0.1, -0.05) is 19.9 Å². The second-order valence-electron chi connectivity index (χ2n) is 6.96. The number of nitrogens with zero attached hydrogens (tertiary/aromatic N) is 1. The summed E-state index contributed by atoms with van der Waals surface area (Å²) < 4.78 is 18.3. The molecule has 0 saturated heterocycles. The van der Waals surface area contributed by atoms with Crippen LogP contribution in [0.1, 0.15) is 36.7 Å². The van der Waals surface area contributed by atoms with Gasteiger partial charge in [-0.3, -0.25) is 9.59 Å². The predicted molar refractivity (Wildman–Crippen MR) is 108 cm³/mol. The number of amides is 2. The zero-order valence-electron chi connectivity index (χ0n) is 16.8. The second kappa shape index (κ2) is 10.2. The smallest absolute Gasteiger partial charge is 0.329 e. The van der Waals surface area contributed by atoms with Crippen LogP contribution in [0.15, 0.2) is 48.5 Å². The van der Waals surface area contributed by atoms with Crippen molar-refractivity contribution in [3.63, 3.8) is 0 Å². The highest BCUT2D eigenvalue weighted by Crippen LogP contribution is 2.12. The maximum atomic E-state index is 13.0. The Morgan fingerprint density at radius 2 is 1.73 bits per heavy atom. The van der Waals surface area contributed by atoms with E-state index in [1.54, 1.807) is 32.0 Å². The number of anilines is 1. The first-order chi connectivity index (χ1) is 14.2. The standard InChI is InChI=1S/C22H22FN3O4/c1-13(2)19(26-21(28)16-7-9-17(23)10-8-16)22(29)30-14(3)20(27)25-18-6-4-5-15(11-18)12-24/h4-11,13-14,19H,1-3H3,(H,25,27)(H,26,28)/t14-,19-/m0/s1. The molecule has 0 aliphatic carbocycles. The number of rotatable bonds is 7. The van der Waals surface area contributed by atoms with Crippen LogP contribution in [-0.4, -0.2) is 29.9 Å². The van der Waals surface area contributed by atoms with E-state index in [0.717, 1.165) is 12.1 Å². The number of nitriles is 1. The third-order valence-corrected chi connectivity index (χ3v) is 4.23. The summed E-state index contributed by atoms with van der Waals surface area (Å²) in [7, 11) is 0. The topological polar surface area (TPSA) is 108 Å². The van der Waals surface area contributed by atoms with Gasteiger partial charge in [-0.15, -0.1) is 0 Å². The fourth-order valence-electron chi connectivity index (χ4n) is 2.54. The molecule has 0 aliphatic heterocycles. The molecular formula is C22H22FN3O4. The predicted octanol–water partition coefficient (Wildman–Crippen LogP) is 3.02. The summed E-state index contributed by atoms with van der Waals surface area (Å²) in [6, 6.07) is 12.2. The van der Waals surface area contributed by atoms with Crippen molar-refractivity contribution in [3.8, 4) is 6.07 Å². The summed E-state index contributed by atoms with van der Waals surface area (Å²) in [6.45, 7) is 4.84. The largest absolute Gasteiger partial charge is 0.451 e. The lowest BCUT2D eigenvalue weighted by molar-refractivity contribution is -0.156. The monoisotopic (exact) mass is 411 g/mol. The first-order valence-electron chi connectivity index (χ1n) is 9.29. The molecule has 2 aromatic rings. The van der Waals surface area contributed by atoms with E-state index in [-0.39, 0.29) is 11.5 Å². The van der Waals surface area contributed by atoms with Crippen LogP contribution in [0.3, 0.4) is 0 Å². The Balaban J connectivity index is 2.00. The molecular weight excluding hydrogens is 389 g/mol. The first-order valence-corrected chi connectivity index (χ1v) is 9.29. The molecule has 30 heavy (non-hydrogen) atoms. The minimum atomic E-state index is -1.13. The summed E-state index contributed by atoms with van der Waals surface area (Å²) in [4.78, 5) is 37.2. The van der Waals surface area contributed by atoms with E-state index in [0.29, 0.717) is 11.3 Å². The van der Waals surface area contributed by atoms with E-state index in [2.05, 4.69) is 10.6 Å². The highest BCUT2D eigenvalue weighted by molar-refractivity contribution is 5.98. The molecule has 2 amide bonds. The number of benzene rings is 2. The number of halogens is 1. The number of hydrogen-bond acceptors (Lipinski definition) is 5. The minimum Gasteiger partial charge on any atom is -0.451 e. The van der Waals surface area contributed by atoms with Gasteiger partial charge in [-0.25, -0.2) is 9.18 Å². The fourth-order valence-corrected chi connectivity index (χ4v) is 2.54. The van der Waals surface area contributed by atoms with Gasteiger partial charge in [0.05, 0.1) is 11.6 Å². The Hall–Kier alpha value is -3.73. The number of carbonyl (C=O) groups is 3. The fraction of sp³-hybridized carbons (Fsp3) is 0.273. The van der Waals surface area contributed by atoms with Gasteiger partial charge in [-0.05, 0) is 55.3 Å². The molecule has 0 saturated carbocycles. The molecule has 2 N–H and O–H groups in total. The molecule has 2 atom stereocenters. The maximum Gasteiger partial charge on any atom is 0.329 e. The van der Waals surface area contributed by atoms with Gasteiger partial charge >= 0.3 is 5.97 Å². The van der Waals surface area contributed by atoms with Crippen molar-refractivity contribution < 1.29 is 23.5 Å². The Kier molecular flexibility index (Phi) is 7.64. The van der Waals surface area contributed by atoms with Crippen molar-refractivity contribution in [1.29, 1.82) is 5.26 Å². The summed E-state index contributed by atoms with van der Waals surface area (Å²) in [5.41, 5.74) is 0.964. The van der Waals surface area contributed by atoms with E-state index >= 15 is 0 Å². The van der Waals surface area contributed by atoms with Crippen LogP contribution in [0, 0.1) is 23.1 Å². The van der Waals surface area contributed by atoms with Crippen LogP contribution in [0.4, 0.5) is 10.1 Å². The summed E-state index contributed by atoms with van der Waals surface area (Å²) in [6.07, 6.45) is -1.13. The van der Waals surface area contributed by atoms with Crippen LogP contribution in [-0.2, 0) is 14.3 Å². The van der Waals surface area contributed by atoms with Gasteiger partial charge in [0.25, 0.3) is 11.8 Å². The molecule has 0 heterocycles. The van der Waals surface area contributed by atoms with E-state index in [1.807, 2.05) is 6.07 Å². The Morgan fingerprint density at radius 1 is 1.07 bits per heavy atom. The molecule has 0 aromatic heterocycles. The Morgan fingerprint density at radius 3 is 2.33 bits per heavy atom. The number of hydrogen-bond donors (Lipinski definition) is 2. The van der Waals surface area contributed by atoms with Crippen molar-refractivity contribution in [2.45, 2.75) is 32.9 Å². The summed E-state index contributed by atoms with van der Waals surface area (Å²) >= 11 is 0. The lowest BCUT2D eigenvalue weighted by Crippen LogP contribution is -2.47. The van der Waals surface area contributed by atoms with E-state index in [4.69, 9.17) is 10.00 Å². The zero-order chi connectivity index (χ0) is 22.3. The molecule has 0 bridgehead atoms. The van der Waals surface area contributed by atoms with Crippen LogP contribution in [0.25, 0.3) is 0 Å². The van der Waals surface area contributed by atoms with E-state index in [9.17, 15) is 18.8 Å². The molecule has 0 unspecified atom stereocenters. The Labute approximate surface area is 173 Å². The van der Waals surface area contributed by atoms with Crippen LogP contribution >= 0.6 is 0 Å². The van der Waals surface area contributed by atoms with E-state index in [1.165, 1.54) is 25.1 Å². The number of nitrogens with one attached hydrogen (secondary N) is 2. The molecule has 2 rings (SSSR count).